The van der Waals surface area contributed by atoms with Crippen molar-refractivity contribution < 1.29 is 14.7 Å². The molecule has 0 saturated heterocycles. The van der Waals surface area contributed by atoms with Crippen LogP contribution in [0.15, 0.2) is 0 Å². The van der Waals surface area contributed by atoms with Gasteiger partial charge in [-0.1, -0.05) is 27.2 Å². The number of amides is 1. The van der Waals surface area contributed by atoms with Crippen LogP contribution in [-0.2, 0) is 9.59 Å². The molecule has 0 aromatic carbocycles. The van der Waals surface area contributed by atoms with Gasteiger partial charge in [0.2, 0.25) is 5.91 Å². The molecule has 1 aliphatic rings. The van der Waals surface area contributed by atoms with Crippen molar-refractivity contribution in [3.63, 3.8) is 0 Å². The maximum absolute atomic E-state index is 11.8. The van der Waals surface area contributed by atoms with Crippen LogP contribution < -0.4 is 11.1 Å². The zero-order valence-corrected chi connectivity index (χ0v) is 10.7. The van der Waals surface area contributed by atoms with E-state index < -0.39 is 17.4 Å². The Labute approximate surface area is 102 Å². The van der Waals surface area contributed by atoms with Gasteiger partial charge in [-0.3, -0.25) is 9.59 Å². The van der Waals surface area contributed by atoms with Crippen molar-refractivity contribution in [2.24, 2.45) is 16.6 Å². The Morgan fingerprint density at radius 3 is 2.24 bits per heavy atom. The fraction of sp³-hybridized carbons (Fsp3) is 0.833. The van der Waals surface area contributed by atoms with Crippen molar-refractivity contribution in [1.82, 2.24) is 5.32 Å². The maximum Gasteiger partial charge on any atom is 0.311 e. The quantitative estimate of drug-likeness (QED) is 0.677. The molecule has 0 aliphatic heterocycles. The zero-order valence-electron chi connectivity index (χ0n) is 10.7. The van der Waals surface area contributed by atoms with Gasteiger partial charge < -0.3 is 16.2 Å². The second-order valence-corrected chi connectivity index (χ2v) is 6.00. The van der Waals surface area contributed by atoms with Gasteiger partial charge in [-0.05, 0) is 18.3 Å². The van der Waals surface area contributed by atoms with Gasteiger partial charge in [0.1, 0.15) is 0 Å². The summed E-state index contributed by atoms with van der Waals surface area (Å²) in [7, 11) is 0. The van der Waals surface area contributed by atoms with Gasteiger partial charge in [0.25, 0.3) is 0 Å². The molecule has 5 nitrogen and oxygen atoms in total. The first-order valence-corrected chi connectivity index (χ1v) is 5.96. The minimum absolute atomic E-state index is 0.185. The van der Waals surface area contributed by atoms with Crippen LogP contribution in [0.25, 0.3) is 0 Å². The SMILES string of the molecule is CC(C)(C)C(N)C(=O)NCC1(C(=O)O)CCC1. The predicted octanol–water partition coefficient (Wildman–Crippen LogP) is 0.731. The lowest BCUT2D eigenvalue weighted by atomic mass is 9.68. The molecule has 1 fully saturated rings. The Morgan fingerprint density at radius 2 is 1.94 bits per heavy atom. The standard InChI is InChI=1S/C12H22N2O3/c1-11(2,3)8(13)9(15)14-7-12(10(16)17)5-4-6-12/h8H,4-7,13H2,1-3H3,(H,14,15)(H,16,17). The van der Waals surface area contributed by atoms with Gasteiger partial charge in [-0.25, -0.2) is 0 Å². The summed E-state index contributed by atoms with van der Waals surface area (Å²) in [6.07, 6.45) is 2.17. The smallest absolute Gasteiger partial charge is 0.311 e. The Bertz CT molecular complexity index is 316. The highest BCUT2D eigenvalue weighted by Gasteiger charge is 2.44. The third-order valence-corrected chi connectivity index (χ3v) is 3.58. The number of rotatable bonds is 4. The van der Waals surface area contributed by atoms with Crippen LogP contribution in [0.1, 0.15) is 40.0 Å². The minimum atomic E-state index is -0.826. The summed E-state index contributed by atoms with van der Waals surface area (Å²) in [5, 5.41) is 11.8. The second-order valence-electron chi connectivity index (χ2n) is 6.00. The molecular weight excluding hydrogens is 220 g/mol. The number of nitrogens with two attached hydrogens (primary N) is 1. The van der Waals surface area contributed by atoms with Crippen molar-refractivity contribution in [2.45, 2.75) is 46.1 Å². The molecule has 0 aromatic rings. The van der Waals surface area contributed by atoms with E-state index in [0.717, 1.165) is 6.42 Å². The summed E-state index contributed by atoms with van der Waals surface area (Å²) in [6, 6.07) is -0.617. The van der Waals surface area contributed by atoms with Crippen molar-refractivity contribution in [1.29, 1.82) is 0 Å². The van der Waals surface area contributed by atoms with Crippen LogP contribution in [0.5, 0.6) is 0 Å². The molecular formula is C12H22N2O3. The molecule has 0 bridgehead atoms. The maximum atomic E-state index is 11.8. The van der Waals surface area contributed by atoms with E-state index in [0.29, 0.717) is 12.8 Å². The van der Waals surface area contributed by atoms with Crippen LogP contribution in [0.3, 0.4) is 0 Å². The van der Waals surface area contributed by atoms with E-state index in [1.54, 1.807) is 0 Å². The first-order chi connectivity index (χ1) is 7.69. The monoisotopic (exact) mass is 242 g/mol. The van der Waals surface area contributed by atoms with Gasteiger partial charge in [-0.15, -0.1) is 0 Å². The fourth-order valence-corrected chi connectivity index (χ4v) is 1.83. The zero-order chi connectivity index (χ0) is 13.3. The van der Waals surface area contributed by atoms with Crippen LogP contribution in [0.2, 0.25) is 0 Å². The number of carbonyl (C=O) groups excluding carboxylic acids is 1. The molecule has 17 heavy (non-hydrogen) atoms. The Kier molecular flexibility index (Phi) is 3.81. The van der Waals surface area contributed by atoms with E-state index in [1.165, 1.54) is 0 Å². The number of carbonyl (C=O) groups is 2. The van der Waals surface area contributed by atoms with E-state index in [2.05, 4.69) is 5.32 Å². The number of carboxylic acid groups (broad SMARTS) is 1. The van der Waals surface area contributed by atoms with Gasteiger partial charge >= 0.3 is 5.97 Å². The molecule has 1 saturated carbocycles. The number of hydrogen-bond donors (Lipinski definition) is 3. The van der Waals surface area contributed by atoms with Gasteiger partial charge in [-0.2, -0.15) is 0 Å². The van der Waals surface area contributed by atoms with Gasteiger partial charge in [0.15, 0.2) is 0 Å². The highest BCUT2D eigenvalue weighted by molar-refractivity contribution is 5.83. The fourth-order valence-electron chi connectivity index (χ4n) is 1.83. The number of hydrogen-bond acceptors (Lipinski definition) is 3. The molecule has 98 valence electrons. The molecule has 0 radical (unpaired) electrons. The van der Waals surface area contributed by atoms with E-state index in [9.17, 15) is 9.59 Å². The molecule has 5 heteroatoms. The topological polar surface area (TPSA) is 92.4 Å². The normalized spacial score (nSPS) is 20.2. The summed E-state index contributed by atoms with van der Waals surface area (Å²) < 4.78 is 0. The van der Waals surface area contributed by atoms with Crippen molar-refractivity contribution >= 4 is 11.9 Å². The van der Waals surface area contributed by atoms with E-state index >= 15 is 0 Å². The highest BCUT2D eigenvalue weighted by atomic mass is 16.4. The minimum Gasteiger partial charge on any atom is -0.481 e. The summed E-state index contributed by atoms with van der Waals surface area (Å²) in [4.78, 5) is 22.9. The molecule has 0 spiro atoms. The first kappa shape index (κ1) is 14.0. The largest absolute Gasteiger partial charge is 0.481 e. The lowest BCUT2D eigenvalue weighted by Crippen LogP contribution is -2.53. The summed E-state index contributed by atoms with van der Waals surface area (Å²) >= 11 is 0. The van der Waals surface area contributed by atoms with Gasteiger partial charge in [0.05, 0.1) is 11.5 Å². The van der Waals surface area contributed by atoms with Crippen molar-refractivity contribution in [2.75, 3.05) is 6.54 Å². The van der Waals surface area contributed by atoms with Crippen molar-refractivity contribution in [3.05, 3.63) is 0 Å². The molecule has 1 aliphatic carbocycles. The Balaban J connectivity index is 2.51. The van der Waals surface area contributed by atoms with Crippen LogP contribution in [0.4, 0.5) is 0 Å². The summed E-state index contributed by atoms with van der Waals surface area (Å²) in [5.41, 5.74) is 4.72. The number of aliphatic carboxylic acids is 1. The molecule has 4 N–H and O–H groups in total. The Morgan fingerprint density at radius 1 is 1.41 bits per heavy atom. The van der Waals surface area contributed by atoms with Gasteiger partial charge in [0, 0.05) is 6.54 Å². The molecule has 0 aromatic heterocycles. The third kappa shape index (κ3) is 2.97. The van der Waals surface area contributed by atoms with E-state index in [4.69, 9.17) is 10.8 Å². The van der Waals surface area contributed by atoms with Crippen LogP contribution in [-0.4, -0.2) is 29.6 Å². The average Bonchev–Trinajstić information content (AvgIpc) is 2.12. The van der Waals surface area contributed by atoms with Crippen LogP contribution >= 0.6 is 0 Å². The van der Waals surface area contributed by atoms with E-state index in [-0.39, 0.29) is 17.9 Å². The number of carboxylic acids is 1. The molecule has 1 atom stereocenters. The molecule has 1 rings (SSSR count). The first-order valence-electron chi connectivity index (χ1n) is 5.96. The summed E-state index contributed by atoms with van der Waals surface area (Å²) in [5.74, 6) is -1.10. The summed E-state index contributed by atoms with van der Waals surface area (Å²) in [6.45, 7) is 5.83. The highest BCUT2D eigenvalue weighted by Crippen LogP contribution is 2.40. The van der Waals surface area contributed by atoms with Crippen molar-refractivity contribution in [3.8, 4) is 0 Å². The molecule has 0 heterocycles. The molecule has 1 unspecified atom stereocenters. The van der Waals surface area contributed by atoms with E-state index in [1.807, 2.05) is 20.8 Å². The van der Waals surface area contributed by atoms with Crippen LogP contribution in [0, 0.1) is 10.8 Å². The average molecular weight is 242 g/mol. The number of nitrogens with one attached hydrogen (secondary N) is 1. The lowest BCUT2D eigenvalue weighted by Gasteiger charge is -2.38. The Hall–Kier alpha value is -1.10. The third-order valence-electron chi connectivity index (χ3n) is 3.58. The lowest BCUT2D eigenvalue weighted by molar-refractivity contribution is -0.154. The second kappa shape index (κ2) is 4.64. The molecule has 1 amide bonds. The predicted molar refractivity (Wildman–Crippen MR) is 64.4 cm³/mol.